The third-order valence-corrected chi connectivity index (χ3v) is 9.14. The number of carboxylic acid groups (broad SMARTS) is 1. The van der Waals surface area contributed by atoms with Crippen molar-refractivity contribution in [2.75, 3.05) is 41.0 Å². The van der Waals surface area contributed by atoms with E-state index in [1.54, 1.807) is 0 Å². The Bertz CT molecular complexity index is 1250. The maximum absolute atomic E-state index is 12.7. The number of aliphatic carboxylic acids is 1. The van der Waals surface area contributed by atoms with Crippen LogP contribution in [0.1, 0.15) is 142 Å². The maximum atomic E-state index is 12.7. The van der Waals surface area contributed by atoms with Crippen molar-refractivity contribution in [2.45, 2.75) is 154 Å². The summed E-state index contributed by atoms with van der Waals surface area (Å²) in [6.07, 6.45) is 51.5. The van der Waals surface area contributed by atoms with Crippen LogP contribution in [0.5, 0.6) is 0 Å². The molecule has 0 aliphatic rings. The number of carboxylic acids is 1. The van der Waals surface area contributed by atoms with Crippen LogP contribution in [0.4, 0.5) is 0 Å². The molecule has 2 atom stereocenters. The molecule has 2 unspecified atom stereocenters. The Hall–Kier alpha value is -3.75. The van der Waals surface area contributed by atoms with Crippen molar-refractivity contribution >= 4 is 17.9 Å². The number of hydrogen-bond acceptors (Lipinski definition) is 6. The Balaban J connectivity index is 4.44. The molecule has 0 fully saturated rings. The largest absolute Gasteiger partial charge is 0.477 e. The highest BCUT2D eigenvalue weighted by Crippen LogP contribution is 2.13. The zero-order chi connectivity index (χ0) is 42.1. The van der Waals surface area contributed by atoms with Gasteiger partial charge < -0.3 is 23.8 Å². The first-order valence-electron chi connectivity index (χ1n) is 21.9. The fraction of sp³-hybridized carbons (Fsp3) is 0.612. The van der Waals surface area contributed by atoms with Crippen LogP contribution in [0.25, 0.3) is 0 Å². The molecule has 0 aromatic carbocycles. The van der Waals surface area contributed by atoms with E-state index in [-0.39, 0.29) is 36.2 Å². The quantitative estimate of drug-likeness (QED) is 0.0289. The molecule has 0 radical (unpaired) electrons. The fourth-order valence-corrected chi connectivity index (χ4v) is 5.77. The second kappa shape index (κ2) is 39.1. The second-order valence-electron chi connectivity index (χ2n) is 15.4. The van der Waals surface area contributed by atoms with Crippen molar-refractivity contribution in [1.29, 1.82) is 0 Å². The van der Waals surface area contributed by atoms with Gasteiger partial charge in [-0.15, -0.1) is 0 Å². The van der Waals surface area contributed by atoms with Gasteiger partial charge in [0.05, 0.1) is 34.4 Å². The fourth-order valence-electron chi connectivity index (χ4n) is 5.77. The molecular weight excluding hydrogens is 715 g/mol. The number of esters is 2. The molecule has 0 spiro atoms. The monoisotopic (exact) mass is 795 g/mol. The number of quaternary nitrogens is 1. The van der Waals surface area contributed by atoms with Gasteiger partial charge in [0, 0.05) is 19.3 Å². The van der Waals surface area contributed by atoms with E-state index in [2.05, 4.69) is 74.6 Å². The van der Waals surface area contributed by atoms with Gasteiger partial charge in [-0.1, -0.05) is 169 Å². The third kappa shape index (κ3) is 37.6. The number of carbonyl (C=O) groups is 3. The third-order valence-electron chi connectivity index (χ3n) is 9.14. The van der Waals surface area contributed by atoms with Crippen molar-refractivity contribution in [3.05, 3.63) is 97.2 Å². The minimum absolute atomic E-state index is 0.0408. The van der Waals surface area contributed by atoms with Gasteiger partial charge in [0.25, 0.3) is 0 Å². The molecule has 0 saturated heterocycles. The van der Waals surface area contributed by atoms with E-state index in [1.165, 1.54) is 25.7 Å². The topological polar surface area (TPSA) is 99.1 Å². The van der Waals surface area contributed by atoms with Crippen LogP contribution in [0.15, 0.2) is 97.2 Å². The van der Waals surface area contributed by atoms with Gasteiger partial charge in [0.15, 0.2) is 12.1 Å². The summed E-state index contributed by atoms with van der Waals surface area (Å²) in [6, 6.07) is -0.627. The van der Waals surface area contributed by atoms with Gasteiger partial charge in [0.2, 0.25) is 0 Å². The van der Waals surface area contributed by atoms with Crippen molar-refractivity contribution in [3.8, 4) is 0 Å². The SMILES string of the molecule is CC/C=C/C=C/C=C/CCCCCCCCCC(=O)OC(COCCC(C(=O)O)[N+](C)(C)C)COC(=O)CCCCCCC/C=C/C=C/C=C/C=C/C=C/CCC. The molecule has 57 heavy (non-hydrogen) atoms. The van der Waals surface area contributed by atoms with Crippen molar-refractivity contribution in [3.63, 3.8) is 0 Å². The van der Waals surface area contributed by atoms with E-state index in [4.69, 9.17) is 14.2 Å². The lowest BCUT2D eigenvalue weighted by molar-refractivity contribution is -0.887. The van der Waals surface area contributed by atoms with Crippen LogP contribution >= 0.6 is 0 Å². The molecule has 0 rings (SSSR count). The number of rotatable bonds is 37. The summed E-state index contributed by atoms with van der Waals surface area (Å²) in [6.45, 7) is 4.45. The standard InChI is InChI=1S/C49H79NO7/c1-6-8-10-12-14-16-18-20-22-23-24-26-27-29-31-33-35-37-39-47(51)56-44-45(43-55-42-41-46(49(53)54)50(3,4)5)57-48(52)40-38-36-34-32-30-28-25-21-19-17-15-13-11-9-7-2/h9-20,22-24,26,45-46H,6-8,21,25,27-44H2,1-5H3/p+1/b11-9+,12-10+,15-13+,16-14+,19-17+,20-18+,23-22+,26-24+. The first-order chi connectivity index (χ1) is 27.6. The highest BCUT2D eigenvalue weighted by Gasteiger charge is 2.31. The second-order valence-corrected chi connectivity index (χ2v) is 15.4. The van der Waals surface area contributed by atoms with Crippen LogP contribution in [-0.4, -0.2) is 80.6 Å². The zero-order valence-corrected chi connectivity index (χ0v) is 36.5. The molecule has 0 bridgehead atoms. The highest BCUT2D eigenvalue weighted by molar-refractivity contribution is 5.72. The van der Waals surface area contributed by atoms with Crippen LogP contribution < -0.4 is 0 Å². The lowest BCUT2D eigenvalue weighted by Crippen LogP contribution is -2.50. The Morgan fingerprint density at radius 3 is 1.46 bits per heavy atom. The lowest BCUT2D eigenvalue weighted by atomic mass is 10.1. The summed E-state index contributed by atoms with van der Waals surface area (Å²) < 4.78 is 17.2. The lowest BCUT2D eigenvalue weighted by Gasteiger charge is -2.31. The van der Waals surface area contributed by atoms with Crippen LogP contribution in [0.3, 0.4) is 0 Å². The molecule has 0 saturated carbocycles. The van der Waals surface area contributed by atoms with E-state index in [1.807, 2.05) is 57.6 Å². The number of likely N-dealkylation sites (N-methyl/N-ethyl adjacent to an activating group) is 1. The molecule has 0 aromatic heterocycles. The first kappa shape index (κ1) is 53.2. The van der Waals surface area contributed by atoms with Gasteiger partial charge in [0.1, 0.15) is 6.61 Å². The summed E-state index contributed by atoms with van der Waals surface area (Å²) in [4.78, 5) is 37.0. The van der Waals surface area contributed by atoms with Crippen LogP contribution in [0, 0.1) is 0 Å². The Morgan fingerprint density at radius 1 is 0.544 bits per heavy atom. The van der Waals surface area contributed by atoms with E-state index in [9.17, 15) is 19.5 Å². The molecule has 8 nitrogen and oxygen atoms in total. The van der Waals surface area contributed by atoms with Gasteiger partial charge in [-0.2, -0.15) is 0 Å². The molecule has 0 aliphatic carbocycles. The highest BCUT2D eigenvalue weighted by atomic mass is 16.6. The summed E-state index contributed by atoms with van der Waals surface area (Å²) >= 11 is 0. The maximum Gasteiger partial charge on any atom is 0.362 e. The van der Waals surface area contributed by atoms with Crippen LogP contribution in [-0.2, 0) is 28.6 Å². The Kier molecular flexibility index (Phi) is 36.5. The van der Waals surface area contributed by atoms with E-state index >= 15 is 0 Å². The molecule has 322 valence electrons. The van der Waals surface area contributed by atoms with E-state index in [0.717, 1.165) is 83.5 Å². The van der Waals surface area contributed by atoms with Crippen molar-refractivity contribution in [2.24, 2.45) is 0 Å². The number of unbranched alkanes of at least 4 members (excludes halogenated alkanes) is 13. The van der Waals surface area contributed by atoms with Crippen molar-refractivity contribution < 1.29 is 38.2 Å². The Morgan fingerprint density at radius 2 is 0.982 bits per heavy atom. The molecule has 1 N–H and O–H groups in total. The predicted molar refractivity (Wildman–Crippen MR) is 238 cm³/mol. The molecule has 0 amide bonds. The van der Waals surface area contributed by atoms with E-state index in [0.29, 0.717) is 19.3 Å². The number of nitrogens with zero attached hydrogens (tertiary/aromatic N) is 1. The normalized spacial score (nSPS) is 13.9. The zero-order valence-electron chi connectivity index (χ0n) is 36.5. The molecule has 0 heterocycles. The van der Waals surface area contributed by atoms with Gasteiger partial charge >= 0.3 is 17.9 Å². The number of hydrogen-bond donors (Lipinski definition) is 1. The summed E-state index contributed by atoms with van der Waals surface area (Å²) in [7, 11) is 5.50. The van der Waals surface area contributed by atoms with E-state index < -0.39 is 18.1 Å². The summed E-state index contributed by atoms with van der Waals surface area (Å²) in [5, 5.41) is 9.62. The first-order valence-corrected chi connectivity index (χ1v) is 21.9. The van der Waals surface area contributed by atoms with Crippen LogP contribution in [0.2, 0.25) is 0 Å². The average Bonchev–Trinajstić information content (AvgIpc) is 3.17. The summed E-state index contributed by atoms with van der Waals surface area (Å²) in [5.74, 6) is -1.53. The van der Waals surface area contributed by atoms with Crippen molar-refractivity contribution in [1.82, 2.24) is 0 Å². The molecule has 8 heteroatoms. The minimum atomic E-state index is -0.886. The molecule has 0 aliphatic heterocycles. The molecule has 0 aromatic rings. The van der Waals surface area contributed by atoms with Gasteiger partial charge in [-0.25, -0.2) is 4.79 Å². The predicted octanol–water partition coefficient (Wildman–Crippen LogP) is 11.9. The van der Waals surface area contributed by atoms with Gasteiger partial charge in [-0.3, -0.25) is 9.59 Å². The number of ether oxygens (including phenoxy) is 3. The Labute approximate surface area is 347 Å². The number of allylic oxidation sites excluding steroid dienone is 16. The minimum Gasteiger partial charge on any atom is -0.477 e. The number of carbonyl (C=O) groups excluding carboxylic acids is 2. The summed E-state index contributed by atoms with van der Waals surface area (Å²) in [5.41, 5.74) is 0. The smallest absolute Gasteiger partial charge is 0.362 e. The average molecular weight is 795 g/mol. The molecular formula is C49H80NO7+. The van der Waals surface area contributed by atoms with Gasteiger partial charge in [-0.05, 0) is 51.4 Å².